The van der Waals surface area contributed by atoms with Gasteiger partial charge in [-0.25, -0.2) is 33.9 Å². The van der Waals surface area contributed by atoms with Crippen LogP contribution in [0.5, 0.6) is 5.88 Å². The zero-order valence-electron chi connectivity index (χ0n) is 23.9. The Morgan fingerprint density at radius 3 is 2.65 bits per heavy atom. The van der Waals surface area contributed by atoms with E-state index < -0.39 is 45.6 Å². The number of rotatable bonds is 2. The van der Waals surface area contributed by atoms with Gasteiger partial charge in [0.2, 0.25) is 11.7 Å². The SMILES string of the molecule is C[P@]1(=O)OC[C@H]2C[C@@H](n3cnc4c(O)n5ccnc5nc43)[C@@H]2CO[P@@](=O)(S)OC[C@H]2O[C@@H](n3cnc4c(N)ncnc43)[C@H](F)[C@@H]2O1. The molecule has 2 saturated heterocycles. The smallest absolute Gasteiger partial charge is 0.386 e. The Morgan fingerprint density at radius 1 is 1.02 bits per heavy atom. The summed E-state index contributed by atoms with van der Waals surface area (Å²) in [4.78, 5) is 25.2. The highest BCUT2D eigenvalue weighted by Gasteiger charge is 2.52. The summed E-state index contributed by atoms with van der Waals surface area (Å²) in [5, 5.41) is 10.7. The maximum Gasteiger partial charge on any atom is 0.386 e. The van der Waals surface area contributed by atoms with Crippen LogP contribution in [0.25, 0.3) is 28.1 Å². The molecule has 8 rings (SSSR count). The van der Waals surface area contributed by atoms with Crippen LogP contribution in [0.2, 0.25) is 0 Å². The molecule has 5 aromatic heterocycles. The topological polar surface area (TPSA) is 218 Å². The fourth-order valence-corrected chi connectivity index (χ4v) is 8.64. The van der Waals surface area contributed by atoms with Gasteiger partial charge >= 0.3 is 14.4 Å². The molecule has 3 aliphatic rings. The van der Waals surface area contributed by atoms with Gasteiger partial charge in [-0.2, -0.15) is 4.98 Å². The molecule has 1 aliphatic carbocycles. The summed E-state index contributed by atoms with van der Waals surface area (Å²) in [7, 11) is -3.88. The van der Waals surface area contributed by atoms with E-state index in [1.54, 1.807) is 17.1 Å². The molecule has 3 N–H and O–H groups in total. The van der Waals surface area contributed by atoms with Crippen molar-refractivity contribution in [1.29, 1.82) is 0 Å². The van der Waals surface area contributed by atoms with Crippen LogP contribution in [-0.4, -0.2) is 93.4 Å². The van der Waals surface area contributed by atoms with Crippen LogP contribution in [0.3, 0.4) is 0 Å². The fourth-order valence-electron chi connectivity index (χ4n) is 6.26. The Morgan fingerprint density at radius 2 is 1.80 bits per heavy atom. The third-order valence-electron chi connectivity index (χ3n) is 8.63. The van der Waals surface area contributed by atoms with Crippen molar-refractivity contribution < 1.29 is 41.5 Å². The minimum Gasteiger partial charge on any atom is -0.493 e. The molecule has 0 unspecified atom stereocenters. The van der Waals surface area contributed by atoms with Gasteiger partial charge in [-0.1, -0.05) is 12.2 Å². The predicted octanol–water partition coefficient (Wildman–Crippen LogP) is 2.93. The third-order valence-corrected chi connectivity index (χ3v) is 11.5. The lowest BCUT2D eigenvalue weighted by molar-refractivity contribution is -0.0411. The highest BCUT2D eigenvalue weighted by Crippen LogP contribution is 2.58. The molecular weight excluding hydrogens is 669 g/mol. The van der Waals surface area contributed by atoms with Gasteiger partial charge in [0.1, 0.15) is 24.1 Å². The Labute approximate surface area is 263 Å². The molecule has 9 atom stereocenters. The van der Waals surface area contributed by atoms with Crippen molar-refractivity contribution in [2.24, 2.45) is 11.8 Å². The second-order valence-electron chi connectivity index (χ2n) is 11.4. The number of nitrogens with zero attached hydrogens (tertiary/aromatic N) is 9. The van der Waals surface area contributed by atoms with E-state index in [0.717, 1.165) is 0 Å². The molecule has 0 radical (unpaired) electrons. The van der Waals surface area contributed by atoms with Crippen LogP contribution in [0, 0.1) is 11.8 Å². The molecule has 0 aromatic carbocycles. The maximum absolute atomic E-state index is 16.1. The van der Waals surface area contributed by atoms with E-state index in [1.165, 1.54) is 34.5 Å². The number of ether oxygens (including phenoxy) is 1. The number of nitrogens with two attached hydrogens (primary N) is 1. The quantitative estimate of drug-likeness (QED) is 0.179. The van der Waals surface area contributed by atoms with Crippen LogP contribution in [0.4, 0.5) is 10.2 Å². The number of thiol groups is 1. The second-order valence-corrected chi connectivity index (χ2v) is 16.3. The first-order chi connectivity index (χ1) is 22.0. The fraction of sp³-hybridized carbons (Fsp3) is 0.500. The van der Waals surface area contributed by atoms with E-state index in [0.29, 0.717) is 12.1 Å². The molecule has 1 saturated carbocycles. The molecule has 22 heteroatoms. The molecule has 2 aliphatic heterocycles. The Hall–Kier alpha value is -3.22. The van der Waals surface area contributed by atoms with Crippen molar-refractivity contribution in [2.75, 3.05) is 32.2 Å². The maximum atomic E-state index is 16.1. The average Bonchev–Trinajstić information content (AvgIpc) is 3.79. The first-order valence-electron chi connectivity index (χ1n) is 14.1. The predicted molar refractivity (Wildman–Crippen MR) is 160 cm³/mol. The number of fused-ring (bicyclic) bond motifs is 5. The van der Waals surface area contributed by atoms with E-state index in [-0.39, 0.29) is 65.2 Å². The van der Waals surface area contributed by atoms with Gasteiger partial charge in [-0.3, -0.25) is 22.6 Å². The molecule has 5 aromatic rings. The number of nitrogen functional groups attached to an aromatic ring is 1. The number of anilines is 1. The zero-order valence-corrected chi connectivity index (χ0v) is 26.6. The number of imidazole rings is 3. The lowest BCUT2D eigenvalue weighted by atomic mass is 9.70. The summed E-state index contributed by atoms with van der Waals surface area (Å²) >= 11 is 4.15. The van der Waals surface area contributed by atoms with Crippen molar-refractivity contribution in [3.8, 4) is 5.88 Å². The number of aromatic hydroxyl groups is 1. The summed E-state index contributed by atoms with van der Waals surface area (Å²) in [6.07, 6.45) is 1.76. The van der Waals surface area contributed by atoms with Gasteiger partial charge in [-0.05, 0) is 12.3 Å². The minimum atomic E-state index is -4.02. The van der Waals surface area contributed by atoms with E-state index >= 15 is 4.39 Å². The number of aromatic nitrogens is 9. The molecule has 0 amide bonds. The third kappa shape index (κ3) is 4.98. The first-order valence-corrected chi connectivity index (χ1v) is 18.8. The van der Waals surface area contributed by atoms with Gasteiger partial charge in [0.25, 0.3) is 0 Å². The number of hydrogen-bond donors (Lipinski definition) is 3. The molecule has 3 fully saturated rings. The average molecular weight is 697 g/mol. The Kier molecular flexibility index (Phi) is 7.15. The van der Waals surface area contributed by atoms with Gasteiger partial charge in [-0.15, -0.1) is 0 Å². The minimum absolute atomic E-state index is 0.0349. The lowest BCUT2D eigenvalue weighted by Gasteiger charge is -2.45. The van der Waals surface area contributed by atoms with E-state index in [9.17, 15) is 14.2 Å². The van der Waals surface area contributed by atoms with Crippen LogP contribution < -0.4 is 5.73 Å². The standard InChI is InChI=1S/C24H27FN10O8P2S/c1-44(37)39-5-11-4-13(34-9-31-17-21(34)32-24-27-2-3-33(24)22(17)36)12(11)6-40-45(38,46)41-7-14-18(43-44)15(25)23(42-14)35-10-30-16-19(26)28-8-29-20(16)35/h2-3,8-15,18,23,36H,4-7H2,1H3,(H,38,46)(H2,26,28,29)/t11-,12-,13-,14-,15-,18-,23-,44+,45-/m1/s1. The molecule has 244 valence electrons. The van der Waals surface area contributed by atoms with Crippen molar-refractivity contribution in [3.63, 3.8) is 0 Å². The van der Waals surface area contributed by atoms with Crippen LogP contribution in [-0.2, 0) is 32.0 Å². The molecule has 46 heavy (non-hydrogen) atoms. The van der Waals surface area contributed by atoms with Crippen molar-refractivity contribution >= 4 is 60.6 Å². The molecule has 0 spiro atoms. The zero-order chi connectivity index (χ0) is 32.0. The number of hydrogen-bond acceptors (Lipinski definition) is 15. The second kappa shape index (κ2) is 10.9. The summed E-state index contributed by atoms with van der Waals surface area (Å²) in [6, 6.07) is -0.278. The highest BCUT2D eigenvalue weighted by molar-refractivity contribution is 8.44. The summed E-state index contributed by atoms with van der Waals surface area (Å²) < 4.78 is 76.3. The monoisotopic (exact) mass is 696 g/mol. The van der Waals surface area contributed by atoms with Crippen molar-refractivity contribution in [3.05, 3.63) is 31.4 Å². The Bertz CT molecular complexity index is 2080. The van der Waals surface area contributed by atoms with E-state index in [2.05, 4.69) is 42.2 Å². The Balaban J connectivity index is 1.06. The normalized spacial score (nSPS) is 35.7. The number of halogens is 1. The van der Waals surface area contributed by atoms with Gasteiger partial charge in [0, 0.05) is 31.0 Å². The summed E-state index contributed by atoms with van der Waals surface area (Å²) in [5.41, 5.74) is 7.00. The van der Waals surface area contributed by atoms with E-state index in [1.807, 2.05) is 0 Å². The summed E-state index contributed by atoms with van der Waals surface area (Å²) in [5.74, 6) is -0.321. The highest BCUT2D eigenvalue weighted by atomic mass is 32.7. The molecule has 0 bridgehead atoms. The number of alkyl halides is 1. The molecule has 18 nitrogen and oxygen atoms in total. The largest absolute Gasteiger partial charge is 0.493 e. The van der Waals surface area contributed by atoms with E-state index in [4.69, 9.17) is 28.6 Å². The summed E-state index contributed by atoms with van der Waals surface area (Å²) in [6.45, 7) is -3.36. The van der Waals surface area contributed by atoms with Crippen molar-refractivity contribution in [1.82, 2.24) is 43.4 Å². The van der Waals surface area contributed by atoms with Crippen LogP contribution >= 0.6 is 26.6 Å². The molecule has 7 heterocycles. The first kappa shape index (κ1) is 30.1. The lowest BCUT2D eigenvalue weighted by Crippen LogP contribution is -2.43. The van der Waals surface area contributed by atoms with Crippen LogP contribution in [0.1, 0.15) is 18.7 Å². The molecular formula is C24H27FN10O8P2S. The van der Waals surface area contributed by atoms with Gasteiger partial charge in [0.15, 0.2) is 35.0 Å². The van der Waals surface area contributed by atoms with Crippen LogP contribution in [0.15, 0.2) is 31.4 Å². The van der Waals surface area contributed by atoms with Gasteiger partial charge < -0.3 is 29.2 Å². The van der Waals surface area contributed by atoms with Gasteiger partial charge in [0.05, 0.1) is 32.5 Å². The van der Waals surface area contributed by atoms with Crippen molar-refractivity contribution in [2.45, 2.75) is 37.1 Å².